The highest BCUT2D eigenvalue weighted by atomic mass is 32.2. The third-order valence-electron chi connectivity index (χ3n) is 1.82. The fraction of sp³-hybridized carbons (Fsp3) is 0.417. The molecule has 1 nitrogen and oxygen atoms in total. The van der Waals surface area contributed by atoms with Gasteiger partial charge in [0.1, 0.15) is 0 Å². The van der Waals surface area contributed by atoms with Gasteiger partial charge in [0.05, 0.1) is 6.07 Å². The Labute approximate surface area is 90.1 Å². The summed E-state index contributed by atoms with van der Waals surface area (Å²) in [6.45, 7) is 4.38. The first-order valence-electron chi connectivity index (χ1n) is 4.85. The topological polar surface area (TPSA) is 23.8 Å². The average molecular weight is 205 g/mol. The number of benzene rings is 1. The number of nitriles is 1. The molecule has 0 atom stereocenters. The summed E-state index contributed by atoms with van der Waals surface area (Å²) in [6, 6.07) is 10.7. The highest BCUT2D eigenvalue weighted by Crippen LogP contribution is 2.23. The molecule has 1 rings (SSSR count). The van der Waals surface area contributed by atoms with Crippen molar-refractivity contribution in [1.82, 2.24) is 0 Å². The molecule has 1 aromatic rings. The molecule has 0 fully saturated rings. The minimum Gasteiger partial charge on any atom is -0.198 e. The van der Waals surface area contributed by atoms with Crippen LogP contribution in [0.5, 0.6) is 0 Å². The number of nitrogens with zero attached hydrogens (tertiary/aromatic N) is 1. The summed E-state index contributed by atoms with van der Waals surface area (Å²) in [5.41, 5.74) is 1.25. The van der Waals surface area contributed by atoms with Crippen LogP contribution in [-0.4, -0.2) is 5.25 Å². The lowest BCUT2D eigenvalue weighted by Crippen LogP contribution is -1.87. The van der Waals surface area contributed by atoms with E-state index in [1.165, 1.54) is 10.5 Å². The maximum absolute atomic E-state index is 8.45. The summed E-state index contributed by atoms with van der Waals surface area (Å²) in [7, 11) is 0. The Hall–Kier alpha value is -0.940. The molecule has 0 radical (unpaired) electrons. The SMILES string of the molecule is CC(C)Sc1ccc(CCC#N)cc1. The minimum atomic E-state index is 0.608. The van der Waals surface area contributed by atoms with Crippen LogP contribution in [0.1, 0.15) is 25.8 Å². The Morgan fingerprint density at radius 3 is 2.43 bits per heavy atom. The van der Waals surface area contributed by atoms with Gasteiger partial charge in [-0.25, -0.2) is 0 Å². The number of hydrogen-bond donors (Lipinski definition) is 0. The number of aryl methyl sites for hydroxylation is 1. The average Bonchev–Trinajstić information content (AvgIpc) is 2.16. The van der Waals surface area contributed by atoms with Crippen molar-refractivity contribution < 1.29 is 0 Å². The second kappa shape index (κ2) is 5.72. The van der Waals surface area contributed by atoms with E-state index >= 15 is 0 Å². The summed E-state index contributed by atoms with van der Waals surface area (Å²) >= 11 is 1.87. The molecule has 0 N–H and O–H groups in total. The van der Waals surface area contributed by atoms with E-state index in [2.05, 4.69) is 44.2 Å². The second-order valence-electron chi connectivity index (χ2n) is 3.47. The quantitative estimate of drug-likeness (QED) is 0.701. The van der Waals surface area contributed by atoms with Gasteiger partial charge in [-0.05, 0) is 24.1 Å². The molecule has 0 heterocycles. The first kappa shape index (κ1) is 11.1. The molecule has 0 spiro atoms. The van der Waals surface area contributed by atoms with Crippen LogP contribution in [0.3, 0.4) is 0 Å². The third kappa shape index (κ3) is 3.85. The van der Waals surface area contributed by atoms with Crippen molar-refractivity contribution in [2.75, 3.05) is 0 Å². The van der Waals surface area contributed by atoms with E-state index < -0.39 is 0 Å². The predicted molar refractivity (Wildman–Crippen MR) is 61.4 cm³/mol. The normalized spacial score (nSPS) is 10.1. The molecule has 74 valence electrons. The molecule has 0 aliphatic rings. The lowest BCUT2D eigenvalue weighted by Gasteiger charge is -2.05. The largest absolute Gasteiger partial charge is 0.198 e. The molecule has 14 heavy (non-hydrogen) atoms. The van der Waals surface area contributed by atoms with Crippen LogP contribution in [0.2, 0.25) is 0 Å². The van der Waals surface area contributed by atoms with Gasteiger partial charge < -0.3 is 0 Å². The molecule has 0 saturated heterocycles. The van der Waals surface area contributed by atoms with E-state index in [9.17, 15) is 0 Å². The minimum absolute atomic E-state index is 0.608. The van der Waals surface area contributed by atoms with Gasteiger partial charge in [0.25, 0.3) is 0 Å². The summed E-state index contributed by atoms with van der Waals surface area (Å²) < 4.78 is 0. The van der Waals surface area contributed by atoms with Crippen LogP contribution in [0.25, 0.3) is 0 Å². The van der Waals surface area contributed by atoms with Crippen LogP contribution in [0.4, 0.5) is 0 Å². The van der Waals surface area contributed by atoms with Gasteiger partial charge in [0.15, 0.2) is 0 Å². The van der Waals surface area contributed by atoms with E-state index in [1.807, 2.05) is 11.8 Å². The highest BCUT2D eigenvalue weighted by Gasteiger charge is 1.98. The molecular formula is C12H15NS. The molecule has 0 aromatic heterocycles. The zero-order valence-electron chi connectivity index (χ0n) is 8.66. The smallest absolute Gasteiger partial charge is 0.0625 e. The first-order valence-corrected chi connectivity index (χ1v) is 5.73. The van der Waals surface area contributed by atoms with Crippen molar-refractivity contribution in [3.8, 4) is 6.07 Å². The van der Waals surface area contributed by atoms with Gasteiger partial charge in [0, 0.05) is 16.6 Å². The van der Waals surface area contributed by atoms with Crippen LogP contribution >= 0.6 is 11.8 Å². The van der Waals surface area contributed by atoms with Crippen LogP contribution in [0, 0.1) is 11.3 Å². The van der Waals surface area contributed by atoms with E-state index in [0.717, 1.165) is 6.42 Å². The van der Waals surface area contributed by atoms with E-state index in [-0.39, 0.29) is 0 Å². The number of hydrogen-bond acceptors (Lipinski definition) is 2. The van der Waals surface area contributed by atoms with Gasteiger partial charge in [-0.3, -0.25) is 0 Å². The van der Waals surface area contributed by atoms with Gasteiger partial charge in [0.2, 0.25) is 0 Å². The fourth-order valence-electron chi connectivity index (χ4n) is 1.21. The van der Waals surface area contributed by atoms with Gasteiger partial charge in [-0.15, -0.1) is 11.8 Å². The maximum Gasteiger partial charge on any atom is 0.0625 e. The standard InChI is InChI=1S/C12H15NS/c1-10(2)14-12-7-5-11(6-8-12)4-3-9-13/h5-8,10H,3-4H2,1-2H3. The van der Waals surface area contributed by atoms with Crippen molar-refractivity contribution >= 4 is 11.8 Å². The van der Waals surface area contributed by atoms with Gasteiger partial charge in [-0.2, -0.15) is 5.26 Å². The maximum atomic E-state index is 8.45. The molecule has 0 saturated carbocycles. The molecule has 2 heteroatoms. The van der Waals surface area contributed by atoms with Crippen molar-refractivity contribution in [2.45, 2.75) is 36.8 Å². The van der Waals surface area contributed by atoms with Gasteiger partial charge >= 0.3 is 0 Å². The zero-order chi connectivity index (χ0) is 10.4. The number of rotatable bonds is 4. The summed E-state index contributed by atoms with van der Waals surface area (Å²) in [5, 5.41) is 9.07. The van der Waals surface area contributed by atoms with Crippen molar-refractivity contribution in [1.29, 1.82) is 5.26 Å². The Balaban J connectivity index is 2.56. The van der Waals surface area contributed by atoms with Crippen molar-refractivity contribution in [2.24, 2.45) is 0 Å². The number of thioether (sulfide) groups is 1. The Kier molecular flexibility index (Phi) is 4.55. The van der Waals surface area contributed by atoms with E-state index in [4.69, 9.17) is 5.26 Å². The first-order chi connectivity index (χ1) is 6.72. The third-order valence-corrected chi connectivity index (χ3v) is 2.84. The summed E-state index contributed by atoms with van der Waals surface area (Å²) in [5.74, 6) is 0. The van der Waals surface area contributed by atoms with Crippen LogP contribution in [0.15, 0.2) is 29.2 Å². The predicted octanol–water partition coefficient (Wildman–Crippen LogP) is 3.64. The summed E-state index contributed by atoms with van der Waals surface area (Å²) in [6.07, 6.45) is 1.47. The lowest BCUT2D eigenvalue weighted by molar-refractivity contribution is 1.01. The monoisotopic (exact) mass is 205 g/mol. The lowest BCUT2D eigenvalue weighted by atomic mass is 10.1. The molecule has 0 aliphatic carbocycles. The molecule has 0 amide bonds. The molecule has 0 aliphatic heterocycles. The summed E-state index contributed by atoms with van der Waals surface area (Å²) in [4.78, 5) is 1.31. The van der Waals surface area contributed by atoms with Crippen LogP contribution < -0.4 is 0 Å². The van der Waals surface area contributed by atoms with Crippen molar-refractivity contribution in [3.63, 3.8) is 0 Å². The van der Waals surface area contributed by atoms with E-state index in [0.29, 0.717) is 11.7 Å². The van der Waals surface area contributed by atoms with Crippen LogP contribution in [-0.2, 0) is 6.42 Å². The Morgan fingerprint density at radius 1 is 1.29 bits per heavy atom. The highest BCUT2D eigenvalue weighted by molar-refractivity contribution is 7.99. The molecule has 1 aromatic carbocycles. The second-order valence-corrected chi connectivity index (χ2v) is 5.12. The Bertz CT molecular complexity index is 308. The zero-order valence-corrected chi connectivity index (χ0v) is 9.47. The fourth-order valence-corrected chi connectivity index (χ4v) is 2.04. The molecule has 0 bridgehead atoms. The molecule has 0 unspecified atom stereocenters. The van der Waals surface area contributed by atoms with Crippen molar-refractivity contribution in [3.05, 3.63) is 29.8 Å². The van der Waals surface area contributed by atoms with E-state index in [1.54, 1.807) is 0 Å². The Morgan fingerprint density at radius 2 is 1.93 bits per heavy atom. The molecular weight excluding hydrogens is 190 g/mol. The van der Waals surface area contributed by atoms with Gasteiger partial charge in [-0.1, -0.05) is 26.0 Å².